The Kier molecular flexibility index (Phi) is 5.91. The Morgan fingerprint density at radius 1 is 1.41 bits per heavy atom. The normalized spacial score (nSPS) is 21.9. The second-order valence-corrected chi connectivity index (χ2v) is 6.32. The average molecular weight is 308 g/mol. The van der Waals surface area contributed by atoms with Crippen LogP contribution in [0.4, 0.5) is 10.1 Å². The van der Waals surface area contributed by atoms with Crippen molar-refractivity contribution < 1.29 is 14.3 Å². The molecule has 0 spiro atoms. The molecule has 2 atom stereocenters. The molecule has 0 radical (unpaired) electrons. The number of aliphatic hydroxyl groups excluding tert-OH is 1. The number of anilines is 1. The largest absolute Gasteiger partial charge is 0.393 e. The molecule has 4 nitrogen and oxygen atoms in total. The number of rotatable bonds is 5. The van der Waals surface area contributed by atoms with E-state index in [9.17, 15) is 14.3 Å². The van der Waals surface area contributed by atoms with Crippen LogP contribution in [0.25, 0.3) is 0 Å². The molecule has 0 aromatic heterocycles. The predicted molar refractivity (Wildman–Crippen MR) is 85.2 cm³/mol. The first-order chi connectivity index (χ1) is 10.5. The van der Waals surface area contributed by atoms with E-state index in [0.717, 1.165) is 25.7 Å². The molecule has 22 heavy (non-hydrogen) atoms. The Bertz CT molecular complexity index is 521. The molecule has 122 valence electrons. The maximum atomic E-state index is 13.5. The van der Waals surface area contributed by atoms with Crippen LogP contribution in [0.5, 0.6) is 0 Å². The highest BCUT2D eigenvalue weighted by molar-refractivity contribution is 5.92. The third-order valence-electron chi connectivity index (χ3n) is 4.28. The Morgan fingerprint density at radius 2 is 2.14 bits per heavy atom. The SMILES string of the molecule is Cc1ccc(NC(=O)CN(C)CC2CCCCC2O)cc1F. The Morgan fingerprint density at radius 3 is 2.82 bits per heavy atom. The smallest absolute Gasteiger partial charge is 0.238 e. The summed E-state index contributed by atoms with van der Waals surface area (Å²) in [4.78, 5) is 13.9. The molecular formula is C17H25FN2O2. The summed E-state index contributed by atoms with van der Waals surface area (Å²) in [5.41, 5.74) is 1.03. The van der Waals surface area contributed by atoms with Crippen LogP contribution >= 0.6 is 0 Å². The number of nitrogens with one attached hydrogen (secondary N) is 1. The van der Waals surface area contributed by atoms with Crippen molar-refractivity contribution in [2.75, 3.05) is 25.5 Å². The average Bonchev–Trinajstić information content (AvgIpc) is 2.45. The van der Waals surface area contributed by atoms with Crippen LogP contribution in [0.15, 0.2) is 18.2 Å². The van der Waals surface area contributed by atoms with Crippen LogP contribution in [0, 0.1) is 18.7 Å². The molecule has 1 aromatic rings. The van der Waals surface area contributed by atoms with Crippen molar-refractivity contribution in [3.05, 3.63) is 29.6 Å². The summed E-state index contributed by atoms with van der Waals surface area (Å²) >= 11 is 0. The third-order valence-corrected chi connectivity index (χ3v) is 4.28. The van der Waals surface area contributed by atoms with Crippen LogP contribution in [-0.2, 0) is 4.79 Å². The quantitative estimate of drug-likeness (QED) is 0.879. The number of amides is 1. The molecule has 1 saturated carbocycles. The van der Waals surface area contributed by atoms with Gasteiger partial charge in [0.15, 0.2) is 0 Å². The molecule has 0 bridgehead atoms. The molecular weight excluding hydrogens is 283 g/mol. The van der Waals surface area contributed by atoms with Crippen LogP contribution in [0.3, 0.4) is 0 Å². The Balaban J connectivity index is 1.81. The number of aliphatic hydroxyl groups is 1. The number of benzene rings is 1. The van der Waals surface area contributed by atoms with Gasteiger partial charge in [-0.15, -0.1) is 0 Å². The van der Waals surface area contributed by atoms with Crippen molar-refractivity contribution in [2.24, 2.45) is 5.92 Å². The van der Waals surface area contributed by atoms with Gasteiger partial charge in [-0.05, 0) is 50.4 Å². The van der Waals surface area contributed by atoms with Gasteiger partial charge in [-0.1, -0.05) is 18.9 Å². The van der Waals surface area contributed by atoms with Crippen LogP contribution < -0.4 is 5.32 Å². The molecule has 1 aliphatic carbocycles. The number of aryl methyl sites for hydroxylation is 1. The highest BCUT2D eigenvalue weighted by atomic mass is 19.1. The van der Waals surface area contributed by atoms with Gasteiger partial charge in [0.05, 0.1) is 12.6 Å². The standard InChI is InChI=1S/C17H25FN2O2/c1-12-7-8-14(9-15(12)18)19-17(22)11-20(2)10-13-5-3-4-6-16(13)21/h7-9,13,16,21H,3-6,10-11H2,1-2H3,(H,19,22). The van der Waals surface area contributed by atoms with Gasteiger partial charge in [0.1, 0.15) is 5.82 Å². The zero-order chi connectivity index (χ0) is 16.1. The van der Waals surface area contributed by atoms with Gasteiger partial charge in [0, 0.05) is 12.2 Å². The van der Waals surface area contributed by atoms with Crippen molar-refractivity contribution in [1.29, 1.82) is 0 Å². The lowest BCUT2D eigenvalue weighted by Gasteiger charge is -2.30. The number of hydrogen-bond donors (Lipinski definition) is 2. The van der Waals surface area contributed by atoms with Gasteiger partial charge >= 0.3 is 0 Å². The summed E-state index contributed by atoms with van der Waals surface area (Å²) in [7, 11) is 1.87. The fourth-order valence-electron chi connectivity index (χ4n) is 2.98. The summed E-state index contributed by atoms with van der Waals surface area (Å²) in [6.07, 6.45) is 3.83. The summed E-state index contributed by atoms with van der Waals surface area (Å²) < 4.78 is 13.5. The van der Waals surface area contributed by atoms with Crippen LogP contribution in [-0.4, -0.2) is 42.2 Å². The van der Waals surface area contributed by atoms with Crippen molar-refractivity contribution in [3.63, 3.8) is 0 Å². The molecule has 1 aliphatic rings. The predicted octanol–water partition coefficient (Wildman–Crippen LogP) is 2.56. The van der Waals surface area contributed by atoms with E-state index in [0.29, 0.717) is 17.8 Å². The van der Waals surface area contributed by atoms with E-state index in [1.54, 1.807) is 19.1 Å². The van der Waals surface area contributed by atoms with Crippen LogP contribution in [0.1, 0.15) is 31.2 Å². The van der Waals surface area contributed by atoms with Gasteiger partial charge in [-0.25, -0.2) is 4.39 Å². The van der Waals surface area contributed by atoms with Gasteiger partial charge < -0.3 is 10.4 Å². The maximum Gasteiger partial charge on any atom is 0.238 e. The second kappa shape index (κ2) is 7.70. The van der Waals surface area contributed by atoms with Crippen molar-refractivity contribution in [3.8, 4) is 0 Å². The first-order valence-corrected chi connectivity index (χ1v) is 7.88. The summed E-state index contributed by atoms with van der Waals surface area (Å²) in [5, 5.41) is 12.7. The molecule has 2 N–H and O–H groups in total. The highest BCUT2D eigenvalue weighted by Crippen LogP contribution is 2.24. The van der Waals surface area contributed by atoms with E-state index >= 15 is 0 Å². The fraction of sp³-hybridized carbons (Fsp3) is 0.588. The number of carbonyl (C=O) groups excluding carboxylic acids is 1. The van der Waals surface area contributed by atoms with Gasteiger partial charge in [-0.3, -0.25) is 9.69 Å². The topological polar surface area (TPSA) is 52.6 Å². The van der Waals surface area contributed by atoms with E-state index in [-0.39, 0.29) is 30.3 Å². The Labute approximate surface area is 131 Å². The van der Waals surface area contributed by atoms with Crippen molar-refractivity contribution in [2.45, 2.75) is 38.7 Å². The Hall–Kier alpha value is -1.46. The molecule has 0 saturated heterocycles. The fourth-order valence-corrected chi connectivity index (χ4v) is 2.98. The summed E-state index contributed by atoms with van der Waals surface area (Å²) in [5.74, 6) is -0.254. The minimum absolute atomic E-state index is 0.170. The molecule has 1 fully saturated rings. The lowest BCUT2D eigenvalue weighted by Crippen LogP contribution is -2.38. The zero-order valence-electron chi connectivity index (χ0n) is 13.3. The van der Waals surface area contributed by atoms with E-state index < -0.39 is 0 Å². The van der Waals surface area contributed by atoms with Gasteiger partial charge in [0.2, 0.25) is 5.91 Å². The third kappa shape index (κ3) is 4.78. The lowest BCUT2D eigenvalue weighted by atomic mass is 9.86. The molecule has 0 aliphatic heterocycles. The van der Waals surface area contributed by atoms with Gasteiger partial charge in [0.25, 0.3) is 0 Å². The molecule has 5 heteroatoms. The first-order valence-electron chi connectivity index (χ1n) is 7.88. The van der Waals surface area contributed by atoms with Crippen molar-refractivity contribution in [1.82, 2.24) is 4.90 Å². The maximum absolute atomic E-state index is 13.5. The van der Waals surface area contributed by atoms with Gasteiger partial charge in [-0.2, -0.15) is 0 Å². The molecule has 1 aromatic carbocycles. The monoisotopic (exact) mass is 308 g/mol. The second-order valence-electron chi connectivity index (χ2n) is 6.32. The van der Waals surface area contributed by atoms with E-state index in [2.05, 4.69) is 5.32 Å². The molecule has 2 unspecified atom stereocenters. The summed E-state index contributed by atoms with van der Waals surface area (Å²) in [6, 6.07) is 4.67. The number of hydrogen-bond acceptors (Lipinski definition) is 3. The number of nitrogens with zero attached hydrogens (tertiary/aromatic N) is 1. The van der Waals surface area contributed by atoms with Crippen molar-refractivity contribution >= 4 is 11.6 Å². The molecule has 0 heterocycles. The minimum Gasteiger partial charge on any atom is -0.393 e. The van der Waals surface area contributed by atoms with Crippen LogP contribution in [0.2, 0.25) is 0 Å². The molecule has 2 rings (SSSR count). The first kappa shape index (κ1) is 16.9. The van der Waals surface area contributed by atoms with E-state index in [1.807, 2.05) is 11.9 Å². The highest BCUT2D eigenvalue weighted by Gasteiger charge is 2.24. The summed E-state index contributed by atoms with van der Waals surface area (Å²) in [6.45, 7) is 2.62. The van der Waals surface area contributed by atoms with E-state index in [1.165, 1.54) is 6.07 Å². The minimum atomic E-state index is -0.323. The molecule has 1 amide bonds. The zero-order valence-corrected chi connectivity index (χ0v) is 13.3. The van der Waals surface area contributed by atoms with E-state index in [4.69, 9.17) is 0 Å². The number of carbonyl (C=O) groups is 1. The lowest BCUT2D eigenvalue weighted by molar-refractivity contribution is -0.117. The number of halogens is 1. The number of likely N-dealkylation sites (N-methyl/N-ethyl adjacent to an activating group) is 1.